The first kappa shape index (κ1) is 21.5. The Bertz CT molecular complexity index is 226. The van der Waals surface area contributed by atoms with Crippen LogP contribution in [-0.4, -0.2) is 62.2 Å². The lowest BCUT2D eigenvalue weighted by Crippen LogP contribution is -2.30. The molecule has 8 nitrogen and oxygen atoms in total. The minimum Gasteiger partial charge on any atom is -0.479 e. The topological polar surface area (TPSA) is 104 Å². The highest BCUT2D eigenvalue weighted by Crippen LogP contribution is 1.97. The third-order valence-electron chi connectivity index (χ3n) is 1.96. The van der Waals surface area contributed by atoms with Crippen LogP contribution in [0.2, 0.25) is 0 Å². The minimum atomic E-state index is -1.58. The number of ether oxygens (including phenoxy) is 5. The van der Waals surface area contributed by atoms with Crippen LogP contribution in [0.15, 0.2) is 0 Å². The molecule has 2 N–H and O–H groups in total. The van der Waals surface area contributed by atoms with E-state index in [-0.39, 0.29) is 26.2 Å². The first-order chi connectivity index (χ1) is 9.15. The van der Waals surface area contributed by atoms with Gasteiger partial charge in [-0.2, -0.15) is 0 Å². The molecule has 0 bridgehead atoms. The third kappa shape index (κ3) is 15.3. The molecule has 0 aliphatic heterocycles. The van der Waals surface area contributed by atoms with Crippen LogP contribution in [0.4, 0.5) is 0 Å². The Kier molecular flexibility index (Phi) is 12.9. The van der Waals surface area contributed by atoms with E-state index in [4.69, 9.17) is 33.9 Å². The van der Waals surface area contributed by atoms with Crippen molar-refractivity contribution in [1.82, 2.24) is 0 Å². The van der Waals surface area contributed by atoms with Crippen molar-refractivity contribution in [3.05, 3.63) is 0 Å². The van der Waals surface area contributed by atoms with E-state index < -0.39 is 11.6 Å². The van der Waals surface area contributed by atoms with Gasteiger partial charge in [0, 0.05) is 14.2 Å². The SMILES string of the molecule is CC(C)(O)C(=O)O.COC(C)OCOCOC(C)OC. The summed E-state index contributed by atoms with van der Waals surface area (Å²) in [6, 6.07) is 0. The van der Waals surface area contributed by atoms with E-state index >= 15 is 0 Å². The lowest BCUT2D eigenvalue weighted by Gasteiger charge is -2.13. The van der Waals surface area contributed by atoms with Crippen LogP contribution in [0, 0.1) is 0 Å². The Balaban J connectivity index is 0. The highest BCUT2D eigenvalue weighted by molar-refractivity contribution is 5.75. The highest BCUT2D eigenvalue weighted by Gasteiger charge is 2.21. The molecule has 0 heterocycles. The Hall–Kier alpha value is -0.770. The van der Waals surface area contributed by atoms with Crippen LogP contribution in [0.3, 0.4) is 0 Å². The second kappa shape index (κ2) is 12.0. The van der Waals surface area contributed by atoms with Crippen molar-refractivity contribution in [2.24, 2.45) is 0 Å². The number of carbonyl (C=O) groups is 1. The summed E-state index contributed by atoms with van der Waals surface area (Å²) < 4.78 is 24.7. The van der Waals surface area contributed by atoms with Gasteiger partial charge in [0.15, 0.2) is 31.8 Å². The van der Waals surface area contributed by atoms with Crippen LogP contribution in [-0.2, 0) is 28.5 Å². The van der Waals surface area contributed by atoms with Crippen molar-refractivity contribution in [3.8, 4) is 0 Å². The molecule has 0 aliphatic carbocycles. The summed E-state index contributed by atoms with van der Waals surface area (Å²) in [5.41, 5.74) is -1.58. The maximum atomic E-state index is 9.77. The molecule has 0 aromatic rings. The summed E-state index contributed by atoms with van der Waals surface area (Å²) >= 11 is 0. The number of hydrogen-bond acceptors (Lipinski definition) is 7. The molecule has 0 aromatic carbocycles. The molecule has 0 amide bonds. The Morgan fingerprint density at radius 1 is 1.05 bits per heavy atom. The standard InChI is InChI=1S/C8H18O5.C4H8O3/c1-7(9-3)12-5-11-6-13-8(2)10-4;1-4(2,7)3(5)6/h7-8H,5-6H2,1-4H3;7H,1-2H3,(H,5,6). The molecule has 0 aromatic heterocycles. The van der Waals surface area contributed by atoms with Crippen molar-refractivity contribution in [2.75, 3.05) is 27.8 Å². The minimum absolute atomic E-state index is 0.144. The monoisotopic (exact) mass is 298 g/mol. The van der Waals surface area contributed by atoms with E-state index in [1.807, 2.05) is 0 Å². The lowest BCUT2D eigenvalue weighted by atomic mass is 10.1. The van der Waals surface area contributed by atoms with Crippen LogP contribution in [0.5, 0.6) is 0 Å². The molecule has 122 valence electrons. The number of aliphatic hydroxyl groups is 1. The molecule has 0 fully saturated rings. The van der Waals surface area contributed by atoms with Crippen molar-refractivity contribution in [3.63, 3.8) is 0 Å². The molecule has 0 rings (SSSR count). The molecular weight excluding hydrogens is 272 g/mol. The quantitative estimate of drug-likeness (QED) is 0.475. The number of aliphatic carboxylic acids is 1. The van der Waals surface area contributed by atoms with Gasteiger partial charge in [-0.25, -0.2) is 4.79 Å². The van der Waals surface area contributed by atoms with Gasteiger partial charge in [0.25, 0.3) is 0 Å². The lowest BCUT2D eigenvalue weighted by molar-refractivity contribution is -0.230. The van der Waals surface area contributed by atoms with E-state index in [0.29, 0.717) is 0 Å². The fraction of sp³-hybridized carbons (Fsp3) is 0.917. The van der Waals surface area contributed by atoms with Gasteiger partial charge >= 0.3 is 5.97 Å². The van der Waals surface area contributed by atoms with Gasteiger partial charge in [0.2, 0.25) is 0 Å². The van der Waals surface area contributed by atoms with Crippen LogP contribution < -0.4 is 0 Å². The second-order valence-electron chi connectivity index (χ2n) is 4.24. The highest BCUT2D eigenvalue weighted by atomic mass is 16.8. The van der Waals surface area contributed by atoms with E-state index in [2.05, 4.69) is 0 Å². The van der Waals surface area contributed by atoms with E-state index in [0.717, 1.165) is 0 Å². The average molecular weight is 298 g/mol. The molecule has 0 aliphatic rings. The number of hydrogen-bond donors (Lipinski definition) is 2. The van der Waals surface area contributed by atoms with Crippen molar-refractivity contribution < 1.29 is 38.7 Å². The van der Waals surface area contributed by atoms with E-state index in [1.54, 1.807) is 28.1 Å². The smallest absolute Gasteiger partial charge is 0.335 e. The maximum absolute atomic E-state index is 9.77. The number of rotatable bonds is 9. The van der Waals surface area contributed by atoms with E-state index in [1.165, 1.54) is 13.8 Å². The zero-order valence-electron chi connectivity index (χ0n) is 12.9. The molecule has 0 radical (unpaired) electrons. The summed E-state index contributed by atoms with van der Waals surface area (Å²) in [6.45, 7) is 6.28. The maximum Gasteiger partial charge on any atom is 0.335 e. The third-order valence-corrected chi connectivity index (χ3v) is 1.96. The van der Waals surface area contributed by atoms with Crippen LogP contribution in [0.1, 0.15) is 27.7 Å². The van der Waals surface area contributed by atoms with Crippen molar-refractivity contribution in [1.29, 1.82) is 0 Å². The average Bonchev–Trinajstić information content (AvgIpc) is 2.37. The molecule has 2 unspecified atom stereocenters. The normalized spacial score (nSPS) is 14.2. The summed E-state index contributed by atoms with van der Waals surface area (Å²) in [5, 5.41) is 16.5. The molecule has 8 heteroatoms. The van der Waals surface area contributed by atoms with E-state index in [9.17, 15) is 4.79 Å². The summed E-state index contributed by atoms with van der Waals surface area (Å²) in [6.07, 6.45) is -0.528. The van der Waals surface area contributed by atoms with Gasteiger partial charge in [0.05, 0.1) is 0 Å². The largest absolute Gasteiger partial charge is 0.479 e. The first-order valence-corrected chi connectivity index (χ1v) is 5.97. The number of methoxy groups -OCH3 is 2. The summed E-state index contributed by atoms with van der Waals surface area (Å²) in [4.78, 5) is 9.77. The van der Waals surface area contributed by atoms with Gasteiger partial charge < -0.3 is 33.9 Å². The van der Waals surface area contributed by atoms with Gasteiger partial charge in [0.1, 0.15) is 0 Å². The van der Waals surface area contributed by atoms with Crippen molar-refractivity contribution >= 4 is 5.97 Å². The molecule has 0 spiro atoms. The van der Waals surface area contributed by atoms with Gasteiger partial charge in [-0.15, -0.1) is 0 Å². The predicted octanol–water partition coefficient (Wildman–Crippen LogP) is 0.778. The van der Waals surface area contributed by atoms with Crippen molar-refractivity contribution in [2.45, 2.75) is 45.9 Å². The second-order valence-corrected chi connectivity index (χ2v) is 4.24. The Labute approximate surface area is 119 Å². The fourth-order valence-corrected chi connectivity index (χ4v) is 0.458. The summed E-state index contributed by atoms with van der Waals surface area (Å²) in [7, 11) is 3.13. The van der Waals surface area contributed by atoms with Gasteiger partial charge in [-0.05, 0) is 27.7 Å². The molecule has 0 saturated carbocycles. The van der Waals surface area contributed by atoms with Gasteiger partial charge in [-0.1, -0.05) is 0 Å². The zero-order valence-corrected chi connectivity index (χ0v) is 12.9. The van der Waals surface area contributed by atoms with Crippen LogP contribution in [0.25, 0.3) is 0 Å². The fourth-order valence-electron chi connectivity index (χ4n) is 0.458. The first-order valence-electron chi connectivity index (χ1n) is 5.97. The zero-order chi connectivity index (χ0) is 16.2. The Morgan fingerprint density at radius 2 is 1.35 bits per heavy atom. The van der Waals surface area contributed by atoms with Gasteiger partial charge in [-0.3, -0.25) is 0 Å². The molecule has 20 heavy (non-hydrogen) atoms. The predicted molar refractivity (Wildman–Crippen MR) is 69.9 cm³/mol. The molecular formula is C12H26O8. The molecule has 2 atom stereocenters. The number of carboxylic acid groups (broad SMARTS) is 1. The molecule has 0 saturated heterocycles. The Morgan fingerprint density at radius 3 is 1.55 bits per heavy atom. The summed E-state index contributed by atoms with van der Waals surface area (Å²) in [5.74, 6) is -1.20. The number of carboxylic acids is 1. The van der Waals surface area contributed by atoms with Crippen LogP contribution >= 0.6 is 0 Å².